The second-order valence-corrected chi connectivity index (χ2v) is 36.2. The number of ether oxygens (including phenoxy) is 1. The van der Waals surface area contributed by atoms with Crippen LogP contribution >= 0.6 is 127 Å². The molecule has 0 saturated carbocycles. The average molecular weight is 2100 g/mol. The first-order valence-electron chi connectivity index (χ1n) is 43.2. The Morgan fingerprint density at radius 1 is 0.444 bits per heavy atom. The Morgan fingerprint density at radius 2 is 0.872 bits per heavy atom. The molecule has 2 aliphatic heterocycles. The molecule has 2 fully saturated rings. The van der Waals surface area contributed by atoms with Gasteiger partial charge in [0.25, 0.3) is 0 Å². The molecular weight excluding hydrogens is 2000 g/mol. The summed E-state index contributed by atoms with van der Waals surface area (Å²) in [6, 6.07) is 36.2. The number of nitrogens with zero attached hydrogens (tertiary/aromatic N) is 17. The first-order valence-corrected chi connectivity index (χ1v) is 47.5. The summed E-state index contributed by atoms with van der Waals surface area (Å²) >= 11 is 48.5. The fourth-order valence-corrected chi connectivity index (χ4v) is 18.2. The maximum atomic E-state index is 12.7. The number of aryl methyl sites for hydroxylation is 1. The van der Waals surface area contributed by atoms with E-state index in [0.717, 1.165) is 158 Å². The molecule has 0 spiro atoms. The minimum atomic E-state index is -0.221. The first-order chi connectivity index (χ1) is 63.5. The van der Waals surface area contributed by atoms with Crippen LogP contribution in [0, 0.1) is 12.8 Å². The fourth-order valence-electron chi connectivity index (χ4n) is 16.6. The van der Waals surface area contributed by atoms with Gasteiger partial charge in [-0.3, -0.25) is 76.7 Å². The van der Waals surface area contributed by atoms with Crippen LogP contribution in [-0.4, -0.2) is 170 Å². The van der Waals surface area contributed by atoms with Gasteiger partial charge in [0.1, 0.15) is 9.76 Å². The third-order valence-electron chi connectivity index (χ3n) is 23.1. The second-order valence-electron chi connectivity index (χ2n) is 31.7. The molecule has 0 amide bonds. The van der Waals surface area contributed by atoms with Crippen molar-refractivity contribution in [3.05, 3.63) is 287 Å². The molecule has 17 aromatic rings. The van der Waals surface area contributed by atoms with E-state index in [0.29, 0.717) is 97.6 Å². The van der Waals surface area contributed by atoms with Crippen LogP contribution in [0.2, 0.25) is 35.3 Å². The summed E-state index contributed by atoms with van der Waals surface area (Å²) in [6.45, 7) is 23.1. The molecular formula is C91H101Br2Cl7N24O8S. The van der Waals surface area contributed by atoms with E-state index >= 15 is 0 Å². The zero-order valence-electron chi connectivity index (χ0n) is 74.2. The highest BCUT2D eigenvalue weighted by Gasteiger charge is 2.27. The molecule has 3 atom stereocenters. The van der Waals surface area contributed by atoms with Crippen molar-refractivity contribution in [2.45, 2.75) is 150 Å². The van der Waals surface area contributed by atoms with Crippen LogP contribution in [0.1, 0.15) is 147 Å². The Balaban J connectivity index is 0.000000141. The summed E-state index contributed by atoms with van der Waals surface area (Å²) in [5.74, 6) is 0.519. The van der Waals surface area contributed by atoms with Gasteiger partial charge in [0, 0.05) is 88.0 Å². The first kappa shape index (κ1) is 102. The number of benzene rings is 2. The summed E-state index contributed by atoms with van der Waals surface area (Å²) in [4.78, 5) is 142. The molecule has 15 aromatic heterocycles. The molecule has 0 radical (unpaired) electrons. The smallest absolute Gasteiger partial charge is 0.332 e. The molecule has 17 heterocycles. The normalized spacial score (nSPS) is 13.9. The fraction of sp³-hybridized carbons (Fsp3) is 0.352. The summed E-state index contributed by atoms with van der Waals surface area (Å²) in [7, 11) is 2.11. The Morgan fingerprint density at radius 3 is 1.38 bits per heavy atom. The predicted octanol–water partition coefficient (Wildman–Crippen LogP) is 19.1. The van der Waals surface area contributed by atoms with Gasteiger partial charge in [-0.15, -0.1) is 0 Å². The van der Waals surface area contributed by atoms with Crippen molar-refractivity contribution in [1.29, 1.82) is 0 Å². The molecule has 2 aliphatic rings. The molecule has 19 rings (SSSR count). The third kappa shape index (κ3) is 24.2. The van der Waals surface area contributed by atoms with E-state index in [4.69, 9.17) is 85.9 Å². The summed E-state index contributed by atoms with van der Waals surface area (Å²) in [6.07, 6.45) is 17.8. The summed E-state index contributed by atoms with van der Waals surface area (Å²) < 4.78 is 19.0. The Bertz CT molecular complexity index is 7040. The zero-order valence-corrected chi connectivity index (χ0v) is 83.7. The van der Waals surface area contributed by atoms with Crippen LogP contribution in [0.4, 0.5) is 0 Å². The van der Waals surface area contributed by atoms with Crippen LogP contribution in [0.25, 0.3) is 83.8 Å². The van der Waals surface area contributed by atoms with Crippen LogP contribution in [0.15, 0.2) is 195 Å². The van der Waals surface area contributed by atoms with E-state index in [1.807, 2.05) is 112 Å². The molecule has 0 bridgehead atoms. The lowest BCUT2D eigenvalue weighted by molar-refractivity contribution is 0.0315. The maximum Gasteiger partial charge on any atom is 0.332 e. The standard InChI is InChI=1S/C18H20ClN5O2.C15H14ClN3O.C12H15ClN4O.C12H8ClN3O.C12H16ClN3O.C11H13Br2N3O.C11H13Cl2N3O.H2S/c19-14-9-16-17(21-11-14)22-18(25)24(16)15(8-13-2-1-3-20-10-13)12-23-4-6-26-7-5-23;1-2-12(10-6-4-3-5-7-10)19-13-8-11(16)9-17-14(13)18-15(19)20;1-16-3-2-8(6-16)7-17-10-4-9(13)5-14-11(10)15-12(17)18;13-8-6-10-11(14-7-8)15-12(17)16(10)9-4-2-1-3-5-9;1-4-8(5-2)16-10-6-9(13)7(3)14-11(10)15-12(16)17;2*1-3-6(4-2)16-8-5-7(12)9(13)14-10(8)15-11(16)17;/h1-3,9-11,15H,4-8,12H2,(H,21,22,25);3-9,12H,2H2,1H3,(H,17,18,20);4-5,8H,2-3,6-7H2,1H3,(H,14,15,18);1-7H,(H,14,15,17);6,8H,4-5H2,1-3H3,(H,14,15,17);2*5-6H,3-4H2,1-2H3,(H,14,15,17);1H2/t15-;12-;;;;;;/m10....../s1. The van der Waals surface area contributed by atoms with Crippen LogP contribution in [0.5, 0.6) is 0 Å². The summed E-state index contributed by atoms with van der Waals surface area (Å²) in [5.41, 5.74) is 11.9. The number of halogens is 9. The van der Waals surface area contributed by atoms with Crippen molar-refractivity contribution < 1.29 is 4.74 Å². The van der Waals surface area contributed by atoms with Crippen molar-refractivity contribution in [2.75, 3.05) is 53.0 Å². The molecule has 0 aliphatic carbocycles. The van der Waals surface area contributed by atoms with Crippen LogP contribution < -0.4 is 39.8 Å². The number of para-hydroxylation sites is 1. The van der Waals surface area contributed by atoms with Crippen molar-refractivity contribution in [2.24, 2.45) is 5.92 Å². The number of nitrogens with one attached hydrogen (secondary N) is 7. The number of aromatic nitrogens is 22. The molecule has 2 saturated heterocycles. The number of H-pyrrole nitrogens is 7. The quantitative estimate of drug-likeness (QED) is 0.0348. The number of aromatic amines is 7. The highest BCUT2D eigenvalue weighted by Crippen LogP contribution is 2.32. The van der Waals surface area contributed by atoms with Crippen molar-refractivity contribution >= 4 is 205 Å². The second kappa shape index (κ2) is 46.8. The lowest BCUT2D eigenvalue weighted by Gasteiger charge is -2.31. The molecule has 7 N–H and O–H groups in total. The predicted molar refractivity (Wildman–Crippen MR) is 543 cm³/mol. The lowest BCUT2D eigenvalue weighted by Crippen LogP contribution is -2.41. The van der Waals surface area contributed by atoms with Crippen LogP contribution in [-0.2, 0) is 17.7 Å². The number of likely N-dealkylation sites (tertiary alicyclic amines) is 1. The number of morpholine rings is 1. The molecule has 42 heteroatoms. The molecule has 702 valence electrons. The van der Waals surface area contributed by atoms with E-state index < -0.39 is 0 Å². The van der Waals surface area contributed by atoms with Crippen molar-refractivity contribution in [3.8, 4) is 5.69 Å². The van der Waals surface area contributed by atoms with E-state index in [2.05, 4.69) is 158 Å². The summed E-state index contributed by atoms with van der Waals surface area (Å²) in [5, 5.41) is 3.25. The zero-order chi connectivity index (χ0) is 94.3. The van der Waals surface area contributed by atoms with Gasteiger partial charge in [0.05, 0.1) is 110 Å². The number of hydrogen-bond acceptors (Lipinski definition) is 18. The molecule has 2 aromatic carbocycles. The lowest BCUT2D eigenvalue weighted by atomic mass is 10.0. The van der Waals surface area contributed by atoms with Gasteiger partial charge in [-0.1, -0.05) is 184 Å². The maximum absolute atomic E-state index is 12.7. The topological polar surface area (TPSA) is 383 Å². The molecule has 1 unspecified atom stereocenters. The Kier molecular flexibility index (Phi) is 35.8. The van der Waals surface area contributed by atoms with Gasteiger partial charge in [-0.05, 0) is 188 Å². The number of hydrogen-bond donors (Lipinski definition) is 7. The minimum Gasteiger partial charge on any atom is -0.379 e. The van der Waals surface area contributed by atoms with E-state index in [-0.39, 0.29) is 88.7 Å². The number of imidazole rings is 7. The van der Waals surface area contributed by atoms with Gasteiger partial charge in [0.2, 0.25) is 0 Å². The molecule has 32 nitrogen and oxygen atoms in total. The highest BCUT2D eigenvalue weighted by molar-refractivity contribution is 9.13. The van der Waals surface area contributed by atoms with Crippen molar-refractivity contribution in [1.82, 2.24) is 117 Å². The van der Waals surface area contributed by atoms with Gasteiger partial charge < -0.3 is 9.64 Å². The largest absolute Gasteiger partial charge is 0.379 e. The van der Waals surface area contributed by atoms with E-state index in [1.54, 1.807) is 80.9 Å². The Hall–Kier alpha value is -10.3. The third-order valence-corrected chi connectivity index (χ3v) is 26.7. The van der Waals surface area contributed by atoms with E-state index in [1.165, 1.54) is 12.4 Å². The Labute approximate surface area is 820 Å². The van der Waals surface area contributed by atoms with Gasteiger partial charge in [-0.25, -0.2) is 68.4 Å². The number of rotatable bonds is 20. The highest BCUT2D eigenvalue weighted by atomic mass is 79.9. The average Bonchev–Trinajstić information content (AvgIpc) is 1.65. The number of fused-ring (bicyclic) bond motifs is 7. The molecule has 133 heavy (non-hydrogen) atoms. The van der Waals surface area contributed by atoms with Gasteiger partial charge in [0.15, 0.2) is 39.5 Å². The van der Waals surface area contributed by atoms with Gasteiger partial charge in [-0.2, -0.15) is 13.5 Å². The van der Waals surface area contributed by atoms with E-state index in [9.17, 15) is 33.6 Å². The monoisotopic (exact) mass is 2090 g/mol. The SMILES string of the molecule is CCC(CC)n1c(=O)[nH]c2nc(Br)c(Br)cc21.CCC(CC)n1c(=O)[nH]c2nc(C)c(Cl)cc21.CCC(CC)n1c(=O)[nH]c2nc(Cl)c(Cl)cc21.CC[C@@H](c1ccccc1)n1c(=O)[nH]c2ncc(Cl)cc21.CN1CCC(Cn2c(=O)[nH]c3ncc(Cl)cc32)C1.O=c1[nH]c2ncc(Cl)cc2n1-c1ccccc1.O=c1[nH]c2ncc(Cl)cc2n1[C@H](Cc1cccnc1)CN1CCOCC1.S. The van der Waals surface area contributed by atoms with Crippen LogP contribution in [0.3, 0.4) is 0 Å². The minimum absolute atomic E-state index is 0. The number of pyridine rings is 8. The van der Waals surface area contributed by atoms with Crippen molar-refractivity contribution in [3.63, 3.8) is 0 Å². The van der Waals surface area contributed by atoms with Gasteiger partial charge >= 0.3 is 39.8 Å².